The number of rotatable bonds is 6. The van der Waals surface area contributed by atoms with Gasteiger partial charge in [-0.2, -0.15) is 0 Å². The van der Waals surface area contributed by atoms with Crippen LogP contribution < -0.4 is 10.3 Å². The van der Waals surface area contributed by atoms with Crippen molar-refractivity contribution in [3.63, 3.8) is 0 Å². The van der Waals surface area contributed by atoms with E-state index in [-0.39, 0.29) is 22.2 Å². The van der Waals surface area contributed by atoms with Crippen LogP contribution >= 0.6 is 0 Å². The Labute approximate surface area is 166 Å². The van der Waals surface area contributed by atoms with E-state index in [1.807, 2.05) is 16.5 Å². The van der Waals surface area contributed by atoms with Crippen molar-refractivity contribution < 1.29 is 9.18 Å². The van der Waals surface area contributed by atoms with Crippen molar-refractivity contribution in [3.05, 3.63) is 39.9 Å². The molecule has 0 bridgehead atoms. The van der Waals surface area contributed by atoms with Crippen molar-refractivity contribution in [1.29, 1.82) is 0 Å². The van der Waals surface area contributed by atoms with Crippen LogP contribution in [0.15, 0.2) is 23.1 Å². The maximum absolute atomic E-state index is 15.0. The molecule has 0 spiro atoms. The number of nitrogens with zero attached hydrogens (tertiary/aromatic N) is 2. The number of benzene rings is 1. The molecule has 4 nitrogen and oxygen atoms in total. The van der Waals surface area contributed by atoms with Gasteiger partial charge in [0.1, 0.15) is 5.82 Å². The molecule has 0 atom stereocenters. The van der Waals surface area contributed by atoms with Gasteiger partial charge in [0.15, 0.2) is 11.2 Å². The average Bonchev–Trinajstić information content (AvgIpc) is 2.64. The first kappa shape index (κ1) is 20.6. The fourth-order valence-corrected chi connectivity index (χ4v) is 4.34. The molecule has 0 radical (unpaired) electrons. The van der Waals surface area contributed by atoms with Crippen molar-refractivity contribution >= 4 is 22.4 Å². The third kappa shape index (κ3) is 4.29. The molecular weight excluding hydrogens is 355 g/mol. The van der Waals surface area contributed by atoms with Gasteiger partial charge in [-0.25, -0.2) is 4.39 Å². The number of halogens is 1. The highest BCUT2D eigenvalue weighted by Crippen LogP contribution is 2.29. The molecule has 0 saturated heterocycles. The number of hydrogen-bond donors (Lipinski definition) is 0. The molecule has 1 aliphatic rings. The summed E-state index contributed by atoms with van der Waals surface area (Å²) in [7, 11) is 1.92. The van der Waals surface area contributed by atoms with E-state index < -0.39 is 5.82 Å². The minimum atomic E-state index is -0.403. The molecule has 0 amide bonds. The van der Waals surface area contributed by atoms with Crippen LogP contribution in [0.2, 0.25) is 0 Å². The number of aromatic nitrogens is 1. The molecular formula is C23H31FN2O2. The van der Waals surface area contributed by atoms with E-state index in [0.717, 1.165) is 6.54 Å². The van der Waals surface area contributed by atoms with E-state index in [0.29, 0.717) is 29.6 Å². The molecule has 1 aromatic carbocycles. The summed E-state index contributed by atoms with van der Waals surface area (Å²) in [6.45, 7) is 7.02. The second-order valence-electron chi connectivity index (χ2n) is 8.68. The zero-order valence-corrected chi connectivity index (χ0v) is 17.4. The highest BCUT2D eigenvalue weighted by Gasteiger charge is 2.20. The predicted octanol–water partition coefficient (Wildman–Crippen LogP) is 5.02. The van der Waals surface area contributed by atoms with Crippen molar-refractivity contribution in [2.45, 2.75) is 59.4 Å². The largest absolute Gasteiger partial charge is 0.372 e. The number of carbonyl (C=O) groups is 1. The van der Waals surface area contributed by atoms with Gasteiger partial charge in [0.2, 0.25) is 0 Å². The van der Waals surface area contributed by atoms with Crippen LogP contribution in [0.4, 0.5) is 10.1 Å². The maximum Gasteiger partial charge on any atom is 0.200 e. The Morgan fingerprint density at radius 3 is 2.54 bits per heavy atom. The van der Waals surface area contributed by atoms with Gasteiger partial charge >= 0.3 is 0 Å². The van der Waals surface area contributed by atoms with Crippen LogP contribution in [0.5, 0.6) is 0 Å². The van der Waals surface area contributed by atoms with Crippen molar-refractivity contribution in [3.8, 4) is 0 Å². The molecule has 1 heterocycles. The van der Waals surface area contributed by atoms with E-state index in [1.165, 1.54) is 45.1 Å². The number of carbonyl (C=O) groups excluding carboxylic acids is 1. The summed E-state index contributed by atoms with van der Waals surface area (Å²) >= 11 is 0. The highest BCUT2D eigenvalue weighted by atomic mass is 19.1. The second kappa shape index (κ2) is 8.46. The summed E-state index contributed by atoms with van der Waals surface area (Å²) in [6, 6.07) is 3.09. The smallest absolute Gasteiger partial charge is 0.200 e. The summed E-state index contributed by atoms with van der Waals surface area (Å²) in [4.78, 5) is 26.6. The van der Waals surface area contributed by atoms with E-state index in [2.05, 4.69) is 13.8 Å². The molecule has 152 valence electrons. The quantitative estimate of drug-likeness (QED) is 0.655. The van der Waals surface area contributed by atoms with Crippen LogP contribution in [0, 0.1) is 17.7 Å². The summed E-state index contributed by atoms with van der Waals surface area (Å²) in [5.41, 5.74) is 0.944. The van der Waals surface area contributed by atoms with E-state index >= 15 is 0 Å². The molecule has 1 aliphatic carbocycles. The molecule has 3 rings (SSSR count). The monoisotopic (exact) mass is 386 g/mol. The number of fused-ring (bicyclic) bond motifs is 1. The van der Waals surface area contributed by atoms with Gasteiger partial charge < -0.3 is 9.47 Å². The van der Waals surface area contributed by atoms with Crippen molar-refractivity contribution in [2.75, 3.05) is 18.5 Å². The van der Waals surface area contributed by atoms with Crippen LogP contribution in [0.3, 0.4) is 0 Å². The SMILES string of the molecule is CC(=O)c1cn(CC(C)C)c2cc(N(C)CC3CCCCC3)c(F)cc2c1=O. The first-order valence-electron chi connectivity index (χ1n) is 10.4. The lowest BCUT2D eigenvalue weighted by Gasteiger charge is -2.29. The van der Waals surface area contributed by atoms with Gasteiger partial charge in [0.25, 0.3) is 0 Å². The Hall–Kier alpha value is -2.17. The average molecular weight is 387 g/mol. The molecule has 1 saturated carbocycles. The van der Waals surface area contributed by atoms with E-state index in [4.69, 9.17) is 0 Å². The van der Waals surface area contributed by atoms with Gasteiger partial charge in [-0.1, -0.05) is 33.1 Å². The van der Waals surface area contributed by atoms with Crippen LogP contribution in [-0.4, -0.2) is 23.9 Å². The van der Waals surface area contributed by atoms with Crippen LogP contribution in [0.25, 0.3) is 10.9 Å². The second-order valence-corrected chi connectivity index (χ2v) is 8.68. The minimum absolute atomic E-state index is 0.121. The van der Waals surface area contributed by atoms with Crippen molar-refractivity contribution in [2.24, 2.45) is 11.8 Å². The zero-order chi connectivity index (χ0) is 20.4. The summed E-state index contributed by atoms with van der Waals surface area (Å²) in [5.74, 6) is 0.230. The van der Waals surface area contributed by atoms with Gasteiger partial charge in [0.05, 0.1) is 16.8 Å². The molecule has 1 aromatic heterocycles. The summed E-state index contributed by atoms with van der Waals surface area (Å²) in [6.07, 6.45) is 7.82. The molecule has 0 unspecified atom stereocenters. The third-order valence-electron chi connectivity index (χ3n) is 5.76. The Morgan fingerprint density at radius 2 is 1.93 bits per heavy atom. The van der Waals surface area contributed by atoms with E-state index in [9.17, 15) is 14.0 Å². The minimum Gasteiger partial charge on any atom is -0.372 e. The Morgan fingerprint density at radius 1 is 1.25 bits per heavy atom. The standard InChI is InChI=1S/C23H31FN2O2/c1-15(2)12-26-14-19(16(3)27)23(28)18-10-20(24)22(11-21(18)26)25(4)13-17-8-6-5-7-9-17/h10-11,14-15,17H,5-9,12-13H2,1-4H3. The zero-order valence-electron chi connectivity index (χ0n) is 17.4. The molecule has 0 aliphatic heterocycles. The molecule has 28 heavy (non-hydrogen) atoms. The summed E-state index contributed by atoms with van der Waals surface area (Å²) in [5, 5.41) is 0.278. The van der Waals surface area contributed by atoms with Crippen molar-refractivity contribution in [1.82, 2.24) is 4.57 Å². The fraction of sp³-hybridized carbons (Fsp3) is 0.565. The van der Waals surface area contributed by atoms with Gasteiger partial charge in [-0.15, -0.1) is 0 Å². The van der Waals surface area contributed by atoms with Gasteiger partial charge in [-0.3, -0.25) is 9.59 Å². The lowest BCUT2D eigenvalue weighted by molar-refractivity contribution is 0.101. The highest BCUT2D eigenvalue weighted by molar-refractivity contribution is 5.97. The topological polar surface area (TPSA) is 42.3 Å². The first-order valence-corrected chi connectivity index (χ1v) is 10.4. The Bertz CT molecular complexity index is 926. The normalized spacial score (nSPS) is 15.4. The summed E-state index contributed by atoms with van der Waals surface area (Å²) < 4.78 is 16.9. The number of pyridine rings is 1. The maximum atomic E-state index is 15.0. The number of Topliss-reactive ketones (excluding diaryl/α,β-unsaturated/α-hetero) is 1. The fourth-order valence-electron chi connectivity index (χ4n) is 4.34. The number of anilines is 1. The Kier molecular flexibility index (Phi) is 6.21. The van der Waals surface area contributed by atoms with Crippen LogP contribution in [0.1, 0.15) is 63.2 Å². The first-order chi connectivity index (χ1) is 13.3. The lowest BCUT2D eigenvalue weighted by Crippen LogP contribution is -2.28. The predicted molar refractivity (Wildman–Crippen MR) is 113 cm³/mol. The molecule has 0 N–H and O–H groups in total. The van der Waals surface area contributed by atoms with Gasteiger partial charge in [0, 0.05) is 31.7 Å². The Balaban J connectivity index is 2.07. The van der Waals surface area contributed by atoms with E-state index in [1.54, 1.807) is 12.3 Å². The number of hydrogen-bond acceptors (Lipinski definition) is 3. The third-order valence-corrected chi connectivity index (χ3v) is 5.76. The van der Waals surface area contributed by atoms with Crippen LogP contribution in [-0.2, 0) is 6.54 Å². The van der Waals surface area contributed by atoms with Gasteiger partial charge in [-0.05, 0) is 43.7 Å². The molecule has 5 heteroatoms. The molecule has 1 fully saturated rings. The molecule has 2 aromatic rings. The number of ketones is 1. The lowest BCUT2D eigenvalue weighted by atomic mass is 9.89.